The molecule has 9 nitrogen and oxygen atoms in total. The third-order valence-electron chi connectivity index (χ3n) is 6.92. The molecule has 3 N–H and O–H groups in total. The number of fused-ring (bicyclic) bond motifs is 3. The molecule has 0 radical (unpaired) electrons. The van der Waals surface area contributed by atoms with Crippen molar-refractivity contribution in [2.75, 3.05) is 13.2 Å². The topological polar surface area (TPSA) is 131 Å². The molecule has 3 aromatic carbocycles. The van der Waals surface area contributed by atoms with Crippen molar-refractivity contribution in [3.63, 3.8) is 0 Å². The highest BCUT2D eigenvalue weighted by atomic mass is 16.6. The molecular weight excluding hydrogens is 498 g/mol. The zero-order valence-electron chi connectivity index (χ0n) is 21.9. The molecule has 2 amide bonds. The smallest absolute Gasteiger partial charge is 0.407 e. The van der Waals surface area contributed by atoms with Gasteiger partial charge < -0.3 is 20.5 Å². The molecule has 1 aliphatic rings. The Hall–Kier alpha value is -4.24. The van der Waals surface area contributed by atoms with E-state index < -0.39 is 17.1 Å². The summed E-state index contributed by atoms with van der Waals surface area (Å²) in [6.45, 7) is 2.42. The van der Waals surface area contributed by atoms with Crippen LogP contribution in [0, 0.1) is 10.1 Å². The first-order valence-corrected chi connectivity index (χ1v) is 13.2. The maximum absolute atomic E-state index is 12.3. The predicted molar refractivity (Wildman–Crippen MR) is 147 cm³/mol. The van der Waals surface area contributed by atoms with Crippen LogP contribution in [0.25, 0.3) is 11.1 Å². The summed E-state index contributed by atoms with van der Waals surface area (Å²) in [6.07, 6.45) is 1.05. The molecule has 9 heteroatoms. The quantitative estimate of drug-likeness (QED) is 0.164. The zero-order valence-corrected chi connectivity index (χ0v) is 21.9. The Morgan fingerprint density at radius 2 is 1.64 bits per heavy atom. The first-order chi connectivity index (χ1) is 18.8. The lowest BCUT2D eigenvalue weighted by Gasteiger charge is -2.14. The van der Waals surface area contributed by atoms with Gasteiger partial charge in [-0.25, -0.2) is 4.79 Å². The van der Waals surface area contributed by atoms with Gasteiger partial charge in [-0.05, 0) is 53.6 Å². The van der Waals surface area contributed by atoms with E-state index in [1.807, 2.05) is 24.3 Å². The van der Waals surface area contributed by atoms with Crippen LogP contribution in [0.5, 0.6) is 0 Å². The van der Waals surface area contributed by atoms with E-state index in [2.05, 4.69) is 34.9 Å². The monoisotopic (exact) mass is 531 g/mol. The molecule has 0 saturated carbocycles. The second kappa shape index (κ2) is 13.0. The van der Waals surface area contributed by atoms with E-state index in [4.69, 9.17) is 4.74 Å². The van der Waals surface area contributed by atoms with Crippen LogP contribution in [0.1, 0.15) is 66.9 Å². The maximum Gasteiger partial charge on any atom is 0.407 e. The summed E-state index contributed by atoms with van der Waals surface area (Å²) in [5.74, 6) is -0.109. The number of carbonyl (C=O) groups excluding carboxylic acids is 2. The molecule has 0 bridgehead atoms. The zero-order chi connectivity index (χ0) is 27.8. The van der Waals surface area contributed by atoms with Gasteiger partial charge in [0.15, 0.2) is 0 Å². The first-order valence-electron chi connectivity index (χ1n) is 13.2. The summed E-state index contributed by atoms with van der Waals surface area (Å²) in [6, 6.07) is 20.8. The summed E-state index contributed by atoms with van der Waals surface area (Å²) >= 11 is 0. The van der Waals surface area contributed by atoms with Gasteiger partial charge in [0.25, 0.3) is 5.69 Å². The van der Waals surface area contributed by atoms with E-state index in [9.17, 15) is 24.8 Å². The molecule has 1 atom stereocenters. The van der Waals surface area contributed by atoms with Gasteiger partial charge in [0.1, 0.15) is 6.61 Å². The van der Waals surface area contributed by atoms with Crippen LogP contribution < -0.4 is 10.6 Å². The minimum Gasteiger partial charge on any atom is -0.449 e. The maximum atomic E-state index is 12.3. The van der Waals surface area contributed by atoms with Crippen molar-refractivity contribution < 1.29 is 24.4 Å². The Morgan fingerprint density at radius 3 is 2.28 bits per heavy atom. The number of hydrogen-bond donors (Lipinski definition) is 3. The van der Waals surface area contributed by atoms with Crippen molar-refractivity contribution in [3.8, 4) is 11.1 Å². The molecule has 3 aromatic rings. The molecule has 39 heavy (non-hydrogen) atoms. The van der Waals surface area contributed by atoms with Crippen LogP contribution in [0.4, 0.5) is 10.5 Å². The molecular formula is C30H33N3O6. The fourth-order valence-corrected chi connectivity index (χ4v) is 4.93. The van der Waals surface area contributed by atoms with E-state index in [0.717, 1.165) is 12.8 Å². The van der Waals surface area contributed by atoms with E-state index in [-0.39, 0.29) is 36.2 Å². The third kappa shape index (κ3) is 7.00. The number of hydrogen-bond acceptors (Lipinski definition) is 6. The van der Waals surface area contributed by atoms with Gasteiger partial charge >= 0.3 is 6.09 Å². The number of nitrogens with zero attached hydrogens (tertiary/aromatic N) is 1. The molecule has 4 rings (SSSR count). The number of nitro benzene ring substituents is 1. The molecule has 0 spiro atoms. The lowest BCUT2D eigenvalue weighted by Crippen LogP contribution is -2.27. The Bertz CT molecular complexity index is 1290. The highest BCUT2D eigenvalue weighted by Gasteiger charge is 2.29. The predicted octanol–water partition coefficient (Wildman–Crippen LogP) is 5.36. The van der Waals surface area contributed by atoms with Crippen LogP contribution in [0.2, 0.25) is 0 Å². The van der Waals surface area contributed by atoms with Crippen LogP contribution >= 0.6 is 0 Å². The fourth-order valence-electron chi connectivity index (χ4n) is 4.93. The van der Waals surface area contributed by atoms with Crippen LogP contribution in [0.15, 0.2) is 66.7 Å². The molecule has 0 saturated heterocycles. The first kappa shape index (κ1) is 27.8. The number of nitro groups is 1. The number of ether oxygens (including phenoxy) is 1. The highest BCUT2D eigenvalue weighted by Crippen LogP contribution is 2.44. The molecule has 204 valence electrons. The van der Waals surface area contributed by atoms with Crippen molar-refractivity contribution >= 4 is 17.7 Å². The molecule has 1 unspecified atom stereocenters. The normalized spacial score (nSPS) is 12.8. The van der Waals surface area contributed by atoms with E-state index in [0.29, 0.717) is 24.9 Å². The van der Waals surface area contributed by atoms with Gasteiger partial charge in [0.05, 0.1) is 16.6 Å². The fraction of sp³-hybridized carbons (Fsp3) is 0.333. The summed E-state index contributed by atoms with van der Waals surface area (Å²) in [5.41, 5.74) is 5.45. The molecule has 0 aromatic heterocycles. The number of carbonyl (C=O) groups is 2. The second-order valence-corrected chi connectivity index (χ2v) is 9.67. The van der Waals surface area contributed by atoms with Crippen molar-refractivity contribution in [1.29, 1.82) is 0 Å². The number of unbranched alkanes of at least 4 members (excludes halogenated alkanes) is 2. The second-order valence-electron chi connectivity index (χ2n) is 9.67. The van der Waals surface area contributed by atoms with Gasteiger partial charge in [0, 0.05) is 31.5 Å². The average Bonchev–Trinajstić information content (AvgIpc) is 3.26. The molecule has 0 heterocycles. The number of nitrogens with one attached hydrogen (secondary N) is 2. The summed E-state index contributed by atoms with van der Waals surface area (Å²) < 4.78 is 5.53. The van der Waals surface area contributed by atoms with Gasteiger partial charge in [-0.3, -0.25) is 14.9 Å². The van der Waals surface area contributed by atoms with Crippen molar-refractivity contribution in [1.82, 2.24) is 10.6 Å². The average molecular weight is 532 g/mol. The van der Waals surface area contributed by atoms with E-state index >= 15 is 0 Å². The van der Waals surface area contributed by atoms with Crippen LogP contribution in [0.3, 0.4) is 0 Å². The Balaban J connectivity index is 1.11. The number of amides is 2. The van der Waals surface area contributed by atoms with Gasteiger partial charge in [-0.1, -0.05) is 61.0 Å². The number of aliphatic hydroxyl groups excluding tert-OH is 1. The van der Waals surface area contributed by atoms with Crippen LogP contribution in [-0.4, -0.2) is 35.2 Å². The SMILES string of the molecule is CC(O)c1cc(CNC(=O)CCCCCNC(=O)OCC2c3ccccc3-c3ccccc32)ccc1[N+](=O)[O-]. The lowest BCUT2D eigenvalue weighted by atomic mass is 9.98. The van der Waals surface area contributed by atoms with E-state index in [1.54, 1.807) is 6.07 Å². The number of alkyl carbamates (subject to hydrolysis) is 1. The summed E-state index contributed by atoms with van der Waals surface area (Å²) in [4.78, 5) is 35.0. The van der Waals surface area contributed by atoms with Crippen molar-refractivity contribution in [3.05, 3.63) is 99.1 Å². The number of benzene rings is 3. The lowest BCUT2D eigenvalue weighted by molar-refractivity contribution is -0.386. The van der Waals surface area contributed by atoms with Crippen LogP contribution in [-0.2, 0) is 16.1 Å². The number of rotatable bonds is 12. The van der Waals surface area contributed by atoms with E-state index in [1.165, 1.54) is 41.3 Å². The highest BCUT2D eigenvalue weighted by molar-refractivity contribution is 5.79. The Labute approximate surface area is 227 Å². The molecule has 0 aliphatic heterocycles. The van der Waals surface area contributed by atoms with Gasteiger partial charge in [-0.2, -0.15) is 0 Å². The standard InChI is InChI=1S/C30H33N3O6/c1-20(34)26-17-21(14-15-28(26)33(37)38)18-32-29(35)13-3-2-8-16-31-30(36)39-19-27-24-11-6-4-9-22(24)23-10-5-7-12-25(23)27/h4-7,9-12,14-15,17,20,27,34H,2-3,8,13,16,18-19H2,1H3,(H,31,36)(H,32,35). The summed E-state index contributed by atoms with van der Waals surface area (Å²) in [5, 5.41) is 26.5. The molecule has 1 aliphatic carbocycles. The van der Waals surface area contributed by atoms with Gasteiger partial charge in [-0.15, -0.1) is 0 Å². The minimum absolute atomic E-state index is 0.0197. The Kier molecular flexibility index (Phi) is 9.27. The summed E-state index contributed by atoms with van der Waals surface area (Å²) in [7, 11) is 0. The third-order valence-corrected chi connectivity index (χ3v) is 6.92. The van der Waals surface area contributed by atoms with Gasteiger partial charge in [0.2, 0.25) is 5.91 Å². The minimum atomic E-state index is -0.983. The van der Waals surface area contributed by atoms with Crippen molar-refractivity contribution in [2.45, 2.75) is 51.2 Å². The largest absolute Gasteiger partial charge is 0.449 e. The van der Waals surface area contributed by atoms with Crippen molar-refractivity contribution in [2.24, 2.45) is 0 Å². The Morgan fingerprint density at radius 1 is 0.974 bits per heavy atom. The number of aliphatic hydroxyl groups is 1. The molecule has 0 fully saturated rings.